The number of nitrogens with one attached hydrogen (secondary N) is 1. The molecule has 0 aliphatic heterocycles. The molecule has 0 heterocycles. The van der Waals surface area contributed by atoms with Crippen LogP contribution in [0.1, 0.15) is 22.3 Å². The second kappa shape index (κ2) is 8.68. The Labute approximate surface area is 159 Å². The Morgan fingerprint density at radius 1 is 1.08 bits per heavy atom. The molecule has 0 aliphatic carbocycles. The molecule has 2 rings (SSSR count). The van der Waals surface area contributed by atoms with Gasteiger partial charge in [0.25, 0.3) is 0 Å². The molecular formula is C21H23ClN2O2. The van der Waals surface area contributed by atoms with Crippen LogP contribution in [-0.4, -0.2) is 30.3 Å². The molecule has 5 heteroatoms. The molecule has 1 N–H and O–H groups in total. The van der Waals surface area contributed by atoms with E-state index < -0.39 is 0 Å². The molecule has 0 aliphatic rings. The van der Waals surface area contributed by atoms with Gasteiger partial charge in [0.05, 0.1) is 6.54 Å². The molecule has 0 saturated heterocycles. The SMILES string of the molecule is Cc1cc(C)c(NC(=O)CN(C)C(=O)/C=C/c2ccc(Cl)cc2)c(C)c1. The van der Waals surface area contributed by atoms with Gasteiger partial charge in [-0.2, -0.15) is 0 Å². The molecule has 2 aromatic carbocycles. The topological polar surface area (TPSA) is 49.4 Å². The molecule has 4 nitrogen and oxygen atoms in total. The van der Waals surface area contributed by atoms with Crippen LogP contribution in [-0.2, 0) is 9.59 Å². The third-order valence-corrected chi connectivity index (χ3v) is 4.24. The molecule has 0 saturated carbocycles. The van der Waals surface area contributed by atoms with Crippen molar-refractivity contribution in [2.45, 2.75) is 20.8 Å². The normalized spacial score (nSPS) is 10.8. The van der Waals surface area contributed by atoms with Crippen LogP contribution in [0.25, 0.3) is 6.08 Å². The molecule has 2 aromatic rings. The summed E-state index contributed by atoms with van der Waals surface area (Å²) in [5.41, 5.74) is 4.84. The van der Waals surface area contributed by atoms with Gasteiger partial charge in [-0.3, -0.25) is 9.59 Å². The number of benzene rings is 2. The maximum absolute atomic E-state index is 12.3. The van der Waals surface area contributed by atoms with E-state index in [1.165, 1.54) is 11.0 Å². The second-order valence-electron chi connectivity index (χ2n) is 6.40. The number of carbonyl (C=O) groups is 2. The van der Waals surface area contributed by atoms with Crippen molar-refractivity contribution in [3.05, 3.63) is 69.8 Å². The monoisotopic (exact) mass is 370 g/mol. The van der Waals surface area contributed by atoms with E-state index in [9.17, 15) is 9.59 Å². The molecule has 0 bridgehead atoms. The second-order valence-corrected chi connectivity index (χ2v) is 6.84. The zero-order valence-electron chi connectivity index (χ0n) is 15.5. The number of amides is 2. The minimum atomic E-state index is -0.243. The third-order valence-electron chi connectivity index (χ3n) is 3.99. The predicted molar refractivity (Wildman–Crippen MR) is 107 cm³/mol. The zero-order valence-corrected chi connectivity index (χ0v) is 16.2. The van der Waals surface area contributed by atoms with Gasteiger partial charge >= 0.3 is 0 Å². The van der Waals surface area contributed by atoms with Crippen LogP contribution in [0.3, 0.4) is 0 Å². The number of nitrogens with zero attached hydrogens (tertiary/aromatic N) is 1. The van der Waals surface area contributed by atoms with Crippen molar-refractivity contribution >= 4 is 35.2 Å². The average Bonchev–Trinajstić information content (AvgIpc) is 2.57. The number of carbonyl (C=O) groups excluding carboxylic acids is 2. The first-order valence-corrected chi connectivity index (χ1v) is 8.70. The first-order chi connectivity index (χ1) is 12.3. The van der Waals surface area contributed by atoms with Crippen LogP contribution < -0.4 is 5.32 Å². The van der Waals surface area contributed by atoms with Gasteiger partial charge in [-0.15, -0.1) is 0 Å². The van der Waals surface area contributed by atoms with Crippen LogP contribution in [0.2, 0.25) is 5.02 Å². The average molecular weight is 371 g/mol. The fourth-order valence-corrected chi connectivity index (χ4v) is 2.84. The Morgan fingerprint density at radius 2 is 1.65 bits per heavy atom. The number of hydrogen-bond donors (Lipinski definition) is 1. The highest BCUT2D eigenvalue weighted by Crippen LogP contribution is 2.21. The number of likely N-dealkylation sites (N-methyl/N-ethyl adjacent to an activating group) is 1. The highest BCUT2D eigenvalue weighted by molar-refractivity contribution is 6.30. The smallest absolute Gasteiger partial charge is 0.246 e. The van der Waals surface area contributed by atoms with Crippen LogP contribution in [0.15, 0.2) is 42.5 Å². The number of anilines is 1. The molecule has 0 spiro atoms. The summed E-state index contributed by atoms with van der Waals surface area (Å²) >= 11 is 5.84. The molecule has 0 atom stereocenters. The van der Waals surface area contributed by atoms with Gasteiger partial charge in [-0.05, 0) is 55.7 Å². The van der Waals surface area contributed by atoms with Crippen LogP contribution in [0, 0.1) is 20.8 Å². The van der Waals surface area contributed by atoms with Crippen molar-refractivity contribution in [1.82, 2.24) is 4.90 Å². The summed E-state index contributed by atoms with van der Waals surface area (Å²) in [6, 6.07) is 11.2. The zero-order chi connectivity index (χ0) is 19.3. The lowest BCUT2D eigenvalue weighted by Gasteiger charge is -2.17. The van der Waals surface area contributed by atoms with Crippen molar-refractivity contribution in [1.29, 1.82) is 0 Å². The lowest BCUT2D eigenvalue weighted by Crippen LogP contribution is -2.34. The van der Waals surface area contributed by atoms with E-state index in [4.69, 9.17) is 11.6 Å². The highest BCUT2D eigenvalue weighted by Gasteiger charge is 2.13. The van der Waals surface area contributed by atoms with Gasteiger partial charge in [-0.25, -0.2) is 0 Å². The lowest BCUT2D eigenvalue weighted by atomic mass is 10.1. The van der Waals surface area contributed by atoms with E-state index in [1.807, 2.05) is 45.0 Å². The summed E-state index contributed by atoms with van der Waals surface area (Å²) in [5.74, 6) is -0.469. The predicted octanol–water partition coefficient (Wildman–Crippen LogP) is 4.38. The van der Waals surface area contributed by atoms with Crippen molar-refractivity contribution in [2.75, 3.05) is 18.9 Å². The summed E-state index contributed by atoms with van der Waals surface area (Å²) in [4.78, 5) is 25.8. The fraction of sp³-hybridized carbons (Fsp3) is 0.238. The molecular weight excluding hydrogens is 348 g/mol. The first-order valence-electron chi connectivity index (χ1n) is 8.32. The van der Waals surface area contributed by atoms with E-state index in [0.29, 0.717) is 5.02 Å². The van der Waals surface area contributed by atoms with Gasteiger partial charge in [0.1, 0.15) is 0 Å². The summed E-state index contributed by atoms with van der Waals surface area (Å²) < 4.78 is 0. The molecule has 2 amide bonds. The lowest BCUT2D eigenvalue weighted by molar-refractivity contribution is -0.129. The summed E-state index contributed by atoms with van der Waals surface area (Å²) in [5, 5.41) is 3.54. The summed E-state index contributed by atoms with van der Waals surface area (Å²) in [6.07, 6.45) is 3.14. The maximum Gasteiger partial charge on any atom is 0.246 e. The highest BCUT2D eigenvalue weighted by atomic mass is 35.5. The van der Waals surface area contributed by atoms with Crippen molar-refractivity contribution in [3.63, 3.8) is 0 Å². The maximum atomic E-state index is 12.3. The largest absolute Gasteiger partial charge is 0.333 e. The van der Waals surface area contributed by atoms with Crippen LogP contribution in [0.4, 0.5) is 5.69 Å². The van der Waals surface area contributed by atoms with Crippen LogP contribution in [0.5, 0.6) is 0 Å². The van der Waals surface area contributed by atoms with Gasteiger partial charge < -0.3 is 10.2 Å². The summed E-state index contributed by atoms with van der Waals surface area (Å²) in [7, 11) is 1.60. The number of hydrogen-bond acceptors (Lipinski definition) is 2. The molecule has 26 heavy (non-hydrogen) atoms. The van der Waals surface area contributed by atoms with Crippen LogP contribution >= 0.6 is 11.6 Å². The molecule has 0 aromatic heterocycles. The standard InChI is InChI=1S/C21H23ClN2O2/c1-14-11-15(2)21(16(3)12-14)23-19(25)13-24(4)20(26)10-7-17-5-8-18(22)9-6-17/h5-12H,13H2,1-4H3,(H,23,25)/b10-7+. The van der Waals surface area contributed by atoms with E-state index in [-0.39, 0.29) is 18.4 Å². The van der Waals surface area contributed by atoms with Gasteiger partial charge in [0.2, 0.25) is 11.8 Å². The fourth-order valence-electron chi connectivity index (χ4n) is 2.72. The Bertz CT molecular complexity index is 819. The molecule has 0 fully saturated rings. The molecule has 0 radical (unpaired) electrons. The quantitative estimate of drug-likeness (QED) is 0.794. The van der Waals surface area contributed by atoms with Gasteiger partial charge in [0.15, 0.2) is 0 Å². The number of halogens is 1. The van der Waals surface area contributed by atoms with Crippen molar-refractivity contribution in [2.24, 2.45) is 0 Å². The van der Waals surface area contributed by atoms with Gasteiger partial charge in [-0.1, -0.05) is 41.4 Å². The Balaban J connectivity index is 1.96. The van der Waals surface area contributed by atoms with Crippen molar-refractivity contribution < 1.29 is 9.59 Å². The van der Waals surface area contributed by atoms with E-state index in [0.717, 1.165) is 27.9 Å². The van der Waals surface area contributed by atoms with E-state index in [1.54, 1.807) is 25.3 Å². The molecule has 0 unspecified atom stereocenters. The minimum absolute atomic E-state index is 0.0173. The number of aryl methyl sites for hydroxylation is 3. The molecule has 136 valence electrons. The Morgan fingerprint density at radius 3 is 2.23 bits per heavy atom. The summed E-state index contributed by atoms with van der Waals surface area (Å²) in [6.45, 7) is 5.92. The minimum Gasteiger partial charge on any atom is -0.333 e. The van der Waals surface area contributed by atoms with Crippen molar-refractivity contribution in [3.8, 4) is 0 Å². The van der Waals surface area contributed by atoms with Gasteiger partial charge in [0, 0.05) is 23.8 Å². The Hall–Kier alpha value is -2.59. The first kappa shape index (κ1) is 19.7. The van der Waals surface area contributed by atoms with E-state index in [2.05, 4.69) is 5.32 Å². The third kappa shape index (κ3) is 5.46. The Kier molecular flexibility index (Phi) is 6.58. The van der Waals surface area contributed by atoms with E-state index >= 15 is 0 Å². The number of rotatable bonds is 5.